The Bertz CT molecular complexity index is 2560. The minimum atomic E-state index is 0. The van der Waals surface area contributed by atoms with Crippen LogP contribution in [0.4, 0.5) is 0 Å². The molecule has 0 N–H and O–H groups in total. The van der Waals surface area contributed by atoms with E-state index in [-0.39, 0.29) is 21.1 Å². The Balaban J connectivity index is 0.00000260. The molecule has 204 valence electrons. The standard InChI is InChI=1S/C36H17N3O2S.Pt/c1-2-8-27-22(6-1)23-11-10-20(17-28(23)39(27)32-9-3-4-14-37-32)40-21-16-25-33-30(18-21)41-29-12-13-31-34(35(29)33)26(19-42-31)24-7-5-15-38-36(24)25;/h1-15,18-19H;/q-2;+2. The third kappa shape index (κ3) is 3.42. The number of rotatable bonds is 3. The summed E-state index contributed by atoms with van der Waals surface area (Å²) in [5.41, 5.74) is 7.60. The molecule has 1 aliphatic rings. The Morgan fingerprint density at radius 2 is 1.63 bits per heavy atom. The summed E-state index contributed by atoms with van der Waals surface area (Å²) in [6.07, 6.45) is 3.64. The van der Waals surface area contributed by atoms with E-state index in [0.29, 0.717) is 11.5 Å². The number of ether oxygens (including phenoxy) is 1. The van der Waals surface area contributed by atoms with E-state index < -0.39 is 0 Å². The van der Waals surface area contributed by atoms with E-state index in [1.54, 1.807) is 17.5 Å². The van der Waals surface area contributed by atoms with Crippen molar-refractivity contribution in [3.63, 3.8) is 0 Å². The number of benzene rings is 4. The van der Waals surface area contributed by atoms with Crippen molar-refractivity contribution >= 4 is 65.2 Å². The van der Waals surface area contributed by atoms with Gasteiger partial charge in [0.25, 0.3) is 0 Å². The van der Waals surface area contributed by atoms with Gasteiger partial charge in [0.1, 0.15) is 11.4 Å². The molecule has 1 aliphatic carbocycles. The first kappa shape index (κ1) is 24.8. The number of aromatic nitrogens is 3. The molecular formula is C36H17N3O2PtS. The van der Waals surface area contributed by atoms with E-state index in [4.69, 9.17) is 14.1 Å². The number of para-hydroxylation sites is 1. The number of fused-ring (bicyclic) bond motifs is 6. The maximum atomic E-state index is 6.51. The van der Waals surface area contributed by atoms with Crippen LogP contribution in [0.1, 0.15) is 0 Å². The second kappa shape index (κ2) is 9.11. The fourth-order valence-electron chi connectivity index (χ4n) is 6.46. The van der Waals surface area contributed by atoms with Crippen molar-refractivity contribution in [2.24, 2.45) is 0 Å². The van der Waals surface area contributed by atoms with E-state index in [0.717, 1.165) is 66.4 Å². The molecule has 5 heterocycles. The molecule has 9 aromatic rings. The smallest absolute Gasteiger partial charge is 0.503 e. The molecular weight excluding hydrogens is 734 g/mol. The average molecular weight is 751 g/mol. The predicted molar refractivity (Wildman–Crippen MR) is 168 cm³/mol. The first-order valence-electron chi connectivity index (χ1n) is 13.6. The SMILES string of the molecule is [Pt+2].[c-]1c(Oc2[c-]c3c(cc2)c2ccccc2n3-c2ccccn2)cc2oc3ccc4scc5c4c3c2c1-c1ncccc1-5. The molecule has 0 saturated heterocycles. The van der Waals surface area contributed by atoms with Crippen molar-refractivity contribution in [1.29, 1.82) is 0 Å². The van der Waals surface area contributed by atoms with Crippen LogP contribution >= 0.6 is 11.3 Å². The van der Waals surface area contributed by atoms with E-state index in [9.17, 15) is 0 Å². The summed E-state index contributed by atoms with van der Waals surface area (Å²) < 4.78 is 16.3. The molecule has 7 heteroatoms. The molecule has 0 spiro atoms. The Hall–Kier alpha value is -4.77. The molecule has 0 radical (unpaired) electrons. The van der Waals surface area contributed by atoms with Gasteiger partial charge in [-0.3, -0.25) is 0 Å². The molecule has 0 saturated carbocycles. The van der Waals surface area contributed by atoms with E-state index >= 15 is 0 Å². The zero-order chi connectivity index (χ0) is 27.4. The van der Waals surface area contributed by atoms with Gasteiger partial charge in [0.2, 0.25) is 0 Å². The molecule has 0 unspecified atom stereocenters. The van der Waals surface area contributed by atoms with Crippen LogP contribution < -0.4 is 4.74 Å². The number of thiophene rings is 1. The van der Waals surface area contributed by atoms with Crippen molar-refractivity contribution in [2.45, 2.75) is 0 Å². The number of nitrogens with zero attached hydrogens (tertiary/aromatic N) is 3. The van der Waals surface area contributed by atoms with Crippen molar-refractivity contribution < 1.29 is 30.2 Å². The van der Waals surface area contributed by atoms with E-state index in [1.807, 2.05) is 48.7 Å². The van der Waals surface area contributed by atoms with E-state index in [2.05, 4.69) is 69.5 Å². The van der Waals surface area contributed by atoms with Gasteiger partial charge in [0, 0.05) is 39.5 Å². The van der Waals surface area contributed by atoms with Crippen molar-refractivity contribution in [2.75, 3.05) is 0 Å². The normalized spacial score (nSPS) is 12.0. The Morgan fingerprint density at radius 1 is 0.721 bits per heavy atom. The van der Waals surface area contributed by atoms with Crippen molar-refractivity contribution in [3.05, 3.63) is 115 Å². The average Bonchev–Trinajstić information content (AvgIpc) is 3.70. The van der Waals surface area contributed by atoms with Gasteiger partial charge >= 0.3 is 21.1 Å². The number of hydrogen-bond acceptors (Lipinski definition) is 5. The van der Waals surface area contributed by atoms with Gasteiger partial charge in [-0.15, -0.1) is 34.4 Å². The first-order chi connectivity index (χ1) is 20.8. The fraction of sp³-hybridized carbons (Fsp3) is 0. The summed E-state index contributed by atoms with van der Waals surface area (Å²) in [5.74, 6) is 1.96. The topological polar surface area (TPSA) is 53.1 Å². The van der Waals surface area contributed by atoms with Crippen LogP contribution in [0.25, 0.3) is 82.0 Å². The van der Waals surface area contributed by atoms with Crippen LogP contribution in [0.2, 0.25) is 0 Å². The van der Waals surface area contributed by atoms with Crippen LogP contribution in [-0.2, 0) is 21.1 Å². The fourth-order valence-corrected chi connectivity index (χ4v) is 7.42. The maximum Gasteiger partial charge on any atom is 2.00 e. The first-order valence-corrected chi connectivity index (χ1v) is 14.5. The van der Waals surface area contributed by atoms with Gasteiger partial charge < -0.3 is 18.7 Å². The quantitative estimate of drug-likeness (QED) is 0.169. The zero-order valence-electron chi connectivity index (χ0n) is 22.2. The van der Waals surface area contributed by atoms with Crippen LogP contribution in [0.5, 0.6) is 11.5 Å². The van der Waals surface area contributed by atoms with Crippen molar-refractivity contribution in [3.8, 4) is 39.7 Å². The largest absolute Gasteiger partial charge is 2.00 e. The summed E-state index contributed by atoms with van der Waals surface area (Å²) in [7, 11) is 0. The summed E-state index contributed by atoms with van der Waals surface area (Å²) in [5, 5.41) is 7.79. The van der Waals surface area contributed by atoms with E-state index in [1.165, 1.54) is 15.6 Å². The van der Waals surface area contributed by atoms with Gasteiger partial charge in [0.15, 0.2) is 0 Å². The monoisotopic (exact) mass is 750 g/mol. The van der Waals surface area contributed by atoms with Gasteiger partial charge in [-0.05, 0) is 69.4 Å². The van der Waals surface area contributed by atoms with Crippen LogP contribution in [-0.4, -0.2) is 14.5 Å². The molecule has 0 atom stereocenters. The van der Waals surface area contributed by atoms with Gasteiger partial charge in [0.05, 0.1) is 5.58 Å². The van der Waals surface area contributed by atoms with Crippen LogP contribution in [0.3, 0.4) is 0 Å². The predicted octanol–water partition coefficient (Wildman–Crippen LogP) is 9.73. The minimum Gasteiger partial charge on any atom is -0.503 e. The second-order valence-electron chi connectivity index (χ2n) is 10.4. The third-order valence-electron chi connectivity index (χ3n) is 8.17. The summed E-state index contributed by atoms with van der Waals surface area (Å²) in [6, 6.07) is 35.7. The molecule has 5 aromatic heterocycles. The molecule has 43 heavy (non-hydrogen) atoms. The van der Waals surface area contributed by atoms with Gasteiger partial charge in [-0.25, -0.2) is 4.98 Å². The maximum absolute atomic E-state index is 6.51. The van der Waals surface area contributed by atoms with Gasteiger partial charge in [-0.1, -0.05) is 53.4 Å². The van der Waals surface area contributed by atoms with Crippen molar-refractivity contribution in [1.82, 2.24) is 14.5 Å². The van der Waals surface area contributed by atoms with Crippen LogP contribution in [0, 0.1) is 12.1 Å². The Labute approximate surface area is 263 Å². The number of pyridine rings is 2. The Morgan fingerprint density at radius 3 is 2.56 bits per heavy atom. The molecule has 0 amide bonds. The third-order valence-corrected chi connectivity index (χ3v) is 9.12. The molecule has 4 aromatic carbocycles. The zero-order valence-corrected chi connectivity index (χ0v) is 25.3. The molecule has 10 rings (SSSR count). The Kier molecular flexibility index (Phi) is 5.25. The molecule has 0 fully saturated rings. The van der Waals surface area contributed by atoms with Gasteiger partial charge in [-0.2, -0.15) is 6.07 Å². The molecule has 0 aliphatic heterocycles. The number of hydrogen-bond donors (Lipinski definition) is 0. The molecule has 5 nitrogen and oxygen atoms in total. The molecule has 0 bridgehead atoms. The second-order valence-corrected chi connectivity index (χ2v) is 11.3. The summed E-state index contributed by atoms with van der Waals surface area (Å²) in [6.45, 7) is 0. The summed E-state index contributed by atoms with van der Waals surface area (Å²) in [4.78, 5) is 9.47. The summed E-state index contributed by atoms with van der Waals surface area (Å²) >= 11 is 1.75. The van der Waals surface area contributed by atoms with Crippen LogP contribution in [0.15, 0.2) is 107 Å². The number of furan rings is 1. The minimum absolute atomic E-state index is 0.